The topological polar surface area (TPSA) is 24.9 Å². The fourth-order valence-corrected chi connectivity index (χ4v) is 2.90. The second-order valence-electron chi connectivity index (χ2n) is 4.75. The summed E-state index contributed by atoms with van der Waals surface area (Å²) >= 11 is 12.6. The molecule has 20 heavy (non-hydrogen) atoms. The molecule has 0 saturated carbocycles. The van der Waals surface area contributed by atoms with E-state index >= 15 is 0 Å². The van der Waals surface area contributed by atoms with Gasteiger partial charge in [-0.2, -0.15) is 0 Å². The first-order valence-electron chi connectivity index (χ1n) is 6.70. The lowest BCUT2D eigenvalue weighted by atomic mass is 9.96. The van der Waals surface area contributed by atoms with Crippen molar-refractivity contribution in [2.24, 2.45) is 0 Å². The van der Waals surface area contributed by atoms with E-state index in [0.717, 1.165) is 18.5 Å². The number of pyridine rings is 1. The number of likely N-dealkylation sites (N-methyl/N-ethyl adjacent to an activating group) is 1. The highest BCUT2D eigenvalue weighted by molar-refractivity contribution is 6.36. The van der Waals surface area contributed by atoms with Gasteiger partial charge in [-0.1, -0.05) is 36.2 Å². The summed E-state index contributed by atoms with van der Waals surface area (Å²) in [6.07, 6.45) is 4.46. The van der Waals surface area contributed by atoms with E-state index in [1.807, 2.05) is 36.7 Å². The van der Waals surface area contributed by atoms with Gasteiger partial charge in [0.2, 0.25) is 0 Å². The Kier molecular flexibility index (Phi) is 5.41. The van der Waals surface area contributed by atoms with E-state index in [0.29, 0.717) is 10.0 Å². The van der Waals surface area contributed by atoms with Crippen LogP contribution in [0.1, 0.15) is 29.7 Å². The minimum Gasteiger partial charge on any atom is -0.310 e. The molecule has 1 heterocycles. The molecular formula is C16H18Cl2N2. The van der Waals surface area contributed by atoms with Crippen molar-refractivity contribution in [2.75, 3.05) is 6.54 Å². The van der Waals surface area contributed by atoms with E-state index in [1.54, 1.807) is 0 Å². The molecule has 106 valence electrons. The molecule has 0 spiro atoms. The van der Waals surface area contributed by atoms with Gasteiger partial charge in [0, 0.05) is 28.5 Å². The maximum atomic E-state index is 6.28. The third kappa shape index (κ3) is 3.51. The van der Waals surface area contributed by atoms with E-state index < -0.39 is 0 Å². The Bertz CT molecular complexity index is 564. The molecular weight excluding hydrogens is 291 g/mol. The number of hydrogen-bond donors (Lipinski definition) is 1. The fourth-order valence-electron chi connectivity index (χ4n) is 2.35. The maximum Gasteiger partial charge on any atom is 0.0453 e. The highest BCUT2D eigenvalue weighted by Crippen LogP contribution is 2.30. The molecule has 1 unspecified atom stereocenters. The molecule has 2 rings (SSSR count). The van der Waals surface area contributed by atoms with Crippen molar-refractivity contribution in [3.63, 3.8) is 0 Å². The van der Waals surface area contributed by atoms with Gasteiger partial charge in [-0.3, -0.25) is 4.98 Å². The lowest BCUT2D eigenvalue weighted by Crippen LogP contribution is -2.24. The number of rotatable bonds is 5. The summed E-state index contributed by atoms with van der Waals surface area (Å²) in [5.74, 6) is 0. The molecule has 2 nitrogen and oxygen atoms in total. The van der Waals surface area contributed by atoms with Gasteiger partial charge >= 0.3 is 0 Å². The lowest BCUT2D eigenvalue weighted by molar-refractivity contribution is 0.547. The molecule has 1 N–H and O–H groups in total. The average molecular weight is 309 g/mol. The molecule has 0 aliphatic carbocycles. The number of hydrogen-bond acceptors (Lipinski definition) is 2. The summed E-state index contributed by atoms with van der Waals surface area (Å²) in [7, 11) is 0. The van der Waals surface area contributed by atoms with Crippen molar-refractivity contribution in [2.45, 2.75) is 26.3 Å². The summed E-state index contributed by atoms with van der Waals surface area (Å²) in [6.45, 7) is 5.05. The monoisotopic (exact) mass is 308 g/mol. The van der Waals surface area contributed by atoms with Gasteiger partial charge in [0.25, 0.3) is 0 Å². The van der Waals surface area contributed by atoms with Gasteiger partial charge in [-0.25, -0.2) is 0 Å². The Balaban J connectivity index is 2.33. The number of nitrogens with zero attached hydrogens (tertiary/aromatic N) is 1. The standard InChI is InChI=1S/C16H18Cl2N2/c1-3-20-16(12-7-8-19-10-11(12)2)9-13-14(17)5-4-6-15(13)18/h4-8,10,16,20H,3,9H2,1-2H3. The van der Waals surface area contributed by atoms with Crippen LogP contribution in [-0.2, 0) is 6.42 Å². The SMILES string of the molecule is CCNC(Cc1c(Cl)cccc1Cl)c1ccncc1C. The van der Waals surface area contributed by atoms with Gasteiger partial charge in [0.05, 0.1) is 0 Å². The minimum absolute atomic E-state index is 0.181. The summed E-state index contributed by atoms with van der Waals surface area (Å²) < 4.78 is 0. The van der Waals surface area contributed by atoms with E-state index in [9.17, 15) is 0 Å². The second-order valence-corrected chi connectivity index (χ2v) is 5.56. The van der Waals surface area contributed by atoms with Crippen molar-refractivity contribution in [1.29, 1.82) is 0 Å². The van der Waals surface area contributed by atoms with Crippen LogP contribution in [0, 0.1) is 6.92 Å². The normalized spacial score (nSPS) is 12.4. The summed E-state index contributed by atoms with van der Waals surface area (Å²) in [6, 6.07) is 7.86. The highest BCUT2D eigenvalue weighted by atomic mass is 35.5. The van der Waals surface area contributed by atoms with Crippen LogP contribution in [0.4, 0.5) is 0 Å². The minimum atomic E-state index is 0.181. The lowest BCUT2D eigenvalue weighted by Gasteiger charge is -2.21. The van der Waals surface area contributed by atoms with Gasteiger partial charge < -0.3 is 5.32 Å². The zero-order chi connectivity index (χ0) is 14.5. The van der Waals surface area contributed by atoms with Crippen LogP contribution in [0.25, 0.3) is 0 Å². The van der Waals surface area contributed by atoms with Crippen molar-refractivity contribution >= 4 is 23.2 Å². The molecule has 2 aromatic rings. The fraction of sp³-hybridized carbons (Fsp3) is 0.312. The molecule has 1 aromatic heterocycles. The molecule has 0 saturated heterocycles. The maximum absolute atomic E-state index is 6.28. The van der Waals surface area contributed by atoms with Crippen molar-refractivity contribution in [3.8, 4) is 0 Å². The summed E-state index contributed by atoms with van der Waals surface area (Å²) in [5, 5.41) is 4.93. The first kappa shape index (κ1) is 15.3. The molecule has 1 aromatic carbocycles. The number of benzene rings is 1. The van der Waals surface area contributed by atoms with Crippen LogP contribution in [0.2, 0.25) is 10.0 Å². The van der Waals surface area contributed by atoms with Gasteiger partial charge in [-0.15, -0.1) is 0 Å². The summed E-state index contributed by atoms with van der Waals surface area (Å²) in [4.78, 5) is 4.15. The van der Waals surface area contributed by atoms with Crippen LogP contribution in [0.15, 0.2) is 36.7 Å². The van der Waals surface area contributed by atoms with Crippen LogP contribution >= 0.6 is 23.2 Å². The number of nitrogens with one attached hydrogen (secondary N) is 1. The zero-order valence-corrected chi connectivity index (χ0v) is 13.2. The van der Waals surface area contributed by atoms with Gasteiger partial charge in [-0.05, 0) is 54.8 Å². The first-order chi connectivity index (χ1) is 9.63. The quantitative estimate of drug-likeness (QED) is 0.874. The van der Waals surface area contributed by atoms with E-state index in [-0.39, 0.29) is 6.04 Å². The van der Waals surface area contributed by atoms with E-state index in [4.69, 9.17) is 23.2 Å². The van der Waals surface area contributed by atoms with Crippen molar-refractivity contribution < 1.29 is 0 Å². The number of aromatic nitrogens is 1. The molecule has 0 radical (unpaired) electrons. The van der Waals surface area contributed by atoms with Crippen LogP contribution in [0.5, 0.6) is 0 Å². The molecule has 0 aliphatic rings. The molecule has 0 amide bonds. The predicted molar refractivity (Wildman–Crippen MR) is 85.6 cm³/mol. The Hall–Kier alpha value is -1.09. The van der Waals surface area contributed by atoms with Gasteiger partial charge in [0.15, 0.2) is 0 Å². The van der Waals surface area contributed by atoms with Crippen LogP contribution in [0.3, 0.4) is 0 Å². The third-order valence-electron chi connectivity index (χ3n) is 3.36. The van der Waals surface area contributed by atoms with Crippen LogP contribution in [-0.4, -0.2) is 11.5 Å². The van der Waals surface area contributed by atoms with E-state index in [1.165, 1.54) is 11.1 Å². The Morgan fingerprint density at radius 1 is 1.20 bits per heavy atom. The number of aryl methyl sites for hydroxylation is 1. The summed E-state index contributed by atoms with van der Waals surface area (Å²) in [5.41, 5.74) is 3.39. The molecule has 0 aliphatic heterocycles. The second kappa shape index (κ2) is 7.07. The Labute approximate surface area is 130 Å². The molecule has 0 fully saturated rings. The Morgan fingerprint density at radius 2 is 1.90 bits per heavy atom. The number of halogens is 2. The van der Waals surface area contributed by atoms with Crippen molar-refractivity contribution in [3.05, 3.63) is 63.4 Å². The smallest absolute Gasteiger partial charge is 0.0453 e. The third-order valence-corrected chi connectivity index (χ3v) is 4.07. The molecule has 1 atom stereocenters. The molecule has 4 heteroatoms. The van der Waals surface area contributed by atoms with Crippen LogP contribution < -0.4 is 5.32 Å². The largest absolute Gasteiger partial charge is 0.310 e. The first-order valence-corrected chi connectivity index (χ1v) is 7.45. The predicted octanol–water partition coefficient (Wildman–Crippen LogP) is 4.59. The highest BCUT2D eigenvalue weighted by Gasteiger charge is 2.16. The zero-order valence-electron chi connectivity index (χ0n) is 11.7. The van der Waals surface area contributed by atoms with Gasteiger partial charge in [0.1, 0.15) is 0 Å². The Morgan fingerprint density at radius 3 is 2.50 bits per heavy atom. The van der Waals surface area contributed by atoms with E-state index in [2.05, 4.69) is 24.1 Å². The van der Waals surface area contributed by atoms with Crippen molar-refractivity contribution in [1.82, 2.24) is 10.3 Å². The molecule has 0 bridgehead atoms. The average Bonchev–Trinajstić information content (AvgIpc) is 2.43.